The predicted octanol–water partition coefficient (Wildman–Crippen LogP) is 1.60. The molecule has 23 heavy (non-hydrogen) atoms. The second-order valence-corrected chi connectivity index (χ2v) is 6.16. The van der Waals surface area contributed by atoms with Crippen molar-refractivity contribution in [1.82, 2.24) is 5.01 Å². The molecule has 3 rings (SSSR count). The molecule has 2 aromatic rings. The molecule has 0 aliphatic carbocycles. The summed E-state index contributed by atoms with van der Waals surface area (Å²) < 4.78 is 32.6. The summed E-state index contributed by atoms with van der Waals surface area (Å²) in [7, 11) is -2.21. The van der Waals surface area contributed by atoms with Gasteiger partial charge in [0.1, 0.15) is 9.82 Å². The Kier molecular flexibility index (Phi) is 3.45. The summed E-state index contributed by atoms with van der Waals surface area (Å²) in [6, 6.07) is 8.99. The van der Waals surface area contributed by atoms with Crippen LogP contribution in [0.15, 0.2) is 55.2 Å². The molecule has 0 amide bonds. The van der Waals surface area contributed by atoms with Crippen molar-refractivity contribution in [1.29, 1.82) is 0 Å². The van der Waals surface area contributed by atoms with Crippen molar-refractivity contribution in [3.8, 4) is 0 Å². The van der Waals surface area contributed by atoms with Crippen LogP contribution in [0.2, 0.25) is 0 Å². The maximum atomic E-state index is 12.0. The Balaban J connectivity index is 1.88. The van der Waals surface area contributed by atoms with Crippen molar-refractivity contribution >= 4 is 28.0 Å². The van der Waals surface area contributed by atoms with Crippen LogP contribution < -0.4 is 0 Å². The van der Waals surface area contributed by atoms with Gasteiger partial charge in [-0.15, -0.1) is 4.40 Å². The Morgan fingerprint density at radius 2 is 2.04 bits per heavy atom. The van der Waals surface area contributed by atoms with Crippen LogP contribution in [0.25, 0.3) is 0 Å². The molecule has 0 radical (unpaired) electrons. The molecule has 0 bridgehead atoms. The highest BCUT2D eigenvalue weighted by Crippen LogP contribution is 2.27. The van der Waals surface area contributed by atoms with Crippen LogP contribution >= 0.6 is 0 Å². The molecule has 118 valence electrons. The van der Waals surface area contributed by atoms with Gasteiger partial charge in [-0.1, -0.05) is 12.1 Å². The zero-order valence-electron chi connectivity index (χ0n) is 11.8. The topological polar surface area (TPSA) is 118 Å². The number of nitrogens with zero attached hydrogens (tertiary/aromatic N) is 4. The first-order chi connectivity index (χ1) is 10.9. The third-order valence-corrected chi connectivity index (χ3v) is 4.39. The number of amidine groups is 1. The summed E-state index contributed by atoms with van der Waals surface area (Å²) in [6.45, 7) is 0. The van der Waals surface area contributed by atoms with Gasteiger partial charge in [0, 0.05) is 12.6 Å². The molecular formula is C13H10N4O5S. The third-order valence-electron chi connectivity index (χ3n) is 3.07. The van der Waals surface area contributed by atoms with Gasteiger partial charge in [-0.3, -0.25) is 10.1 Å². The molecule has 1 aliphatic heterocycles. The highest BCUT2D eigenvalue weighted by Gasteiger charge is 2.30. The molecule has 0 atom stereocenters. The normalized spacial score (nSPS) is 15.4. The van der Waals surface area contributed by atoms with Gasteiger partial charge in [0.05, 0.1) is 12.3 Å². The molecular weight excluding hydrogens is 324 g/mol. The van der Waals surface area contributed by atoms with Crippen LogP contribution in [-0.4, -0.2) is 37.4 Å². The fourth-order valence-electron chi connectivity index (χ4n) is 2.03. The lowest BCUT2D eigenvalue weighted by Crippen LogP contribution is -2.21. The fraction of sp³-hybridized carbons (Fsp3) is 0.0769. The average Bonchev–Trinajstić information content (AvgIpc) is 3.09. The van der Waals surface area contributed by atoms with Crippen LogP contribution in [0.5, 0.6) is 0 Å². The van der Waals surface area contributed by atoms with Crippen molar-refractivity contribution in [3.05, 3.63) is 57.8 Å². The first-order valence-electron chi connectivity index (χ1n) is 6.35. The number of sulfonamides is 1. The summed E-state index contributed by atoms with van der Waals surface area (Å²) in [5.41, 5.74) is 0.442. The van der Waals surface area contributed by atoms with Crippen LogP contribution in [0.4, 0.5) is 5.88 Å². The van der Waals surface area contributed by atoms with E-state index in [2.05, 4.69) is 9.50 Å². The van der Waals surface area contributed by atoms with Crippen LogP contribution in [0.3, 0.4) is 0 Å². The van der Waals surface area contributed by atoms with E-state index in [1.54, 1.807) is 18.2 Å². The molecule has 0 saturated carbocycles. The minimum absolute atomic E-state index is 0.116. The Morgan fingerprint density at radius 1 is 1.30 bits per heavy atom. The number of hydrazone groups is 1. The first kappa shape index (κ1) is 14.9. The van der Waals surface area contributed by atoms with E-state index in [-0.39, 0.29) is 16.5 Å². The average molecular weight is 334 g/mol. The third kappa shape index (κ3) is 2.71. The van der Waals surface area contributed by atoms with E-state index in [0.717, 1.165) is 0 Å². The van der Waals surface area contributed by atoms with E-state index < -0.39 is 20.8 Å². The van der Waals surface area contributed by atoms with Crippen LogP contribution in [-0.2, 0) is 10.0 Å². The molecule has 0 unspecified atom stereocenters. The first-order valence-corrected chi connectivity index (χ1v) is 7.79. The Bertz CT molecular complexity index is 945. The van der Waals surface area contributed by atoms with Gasteiger partial charge in [-0.2, -0.15) is 13.5 Å². The summed E-state index contributed by atoms with van der Waals surface area (Å²) >= 11 is 0. The quantitative estimate of drug-likeness (QED) is 0.478. The number of benzene rings is 1. The second-order valence-electron chi connectivity index (χ2n) is 4.59. The number of hydrogen-bond acceptors (Lipinski definition) is 7. The molecule has 1 aliphatic rings. The van der Waals surface area contributed by atoms with Crippen molar-refractivity contribution in [2.75, 3.05) is 7.05 Å². The maximum Gasteiger partial charge on any atom is 0.433 e. The van der Waals surface area contributed by atoms with Gasteiger partial charge in [0.25, 0.3) is 10.0 Å². The number of rotatable bonds is 3. The monoisotopic (exact) mass is 334 g/mol. The largest absolute Gasteiger partial charge is 0.433 e. The summed E-state index contributed by atoms with van der Waals surface area (Å²) in [6.07, 6.45) is 1.24. The van der Waals surface area contributed by atoms with Crippen molar-refractivity contribution in [2.45, 2.75) is 4.90 Å². The number of nitro groups is 1. The lowest BCUT2D eigenvalue weighted by atomic mass is 10.2. The van der Waals surface area contributed by atoms with Crippen molar-refractivity contribution in [2.24, 2.45) is 9.50 Å². The molecule has 10 heteroatoms. The SMILES string of the molecule is CN(N=Cc1ccc([N+](=O)[O-])o1)C1=NS(=O)(=O)c2ccccc21. The zero-order chi connectivity index (χ0) is 16.6. The lowest BCUT2D eigenvalue weighted by Gasteiger charge is -2.11. The molecule has 0 N–H and O–H groups in total. The molecule has 1 aromatic carbocycles. The Hall–Kier alpha value is -3.01. The Morgan fingerprint density at radius 3 is 2.74 bits per heavy atom. The van der Waals surface area contributed by atoms with Gasteiger partial charge in [-0.05, 0) is 18.2 Å². The molecule has 0 spiro atoms. The van der Waals surface area contributed by atoms with Gasteiger partial charge < -0.3 is 4.42 Å². The van der Waals surface area contributed by atoms with Gasteiger partial charge >= 0.3 is 5.88 Å². The van der Waals surface area contributed by atoms with E-state index in [9.17, 15) is 18.5 Å². The number of furan rings is 1. The standard InChI is InChI=1S/C13H10N4O5S/c1-16(14-8-9-6-7-12(22-9)17(18)19)13-10-4-2-3-5-11(10)23(20,21)15-13/h2-8H,1H3. The van der Waals surface area contributed by atoms with Gasteiger partial charge in [0.2, 0.25) is 0 Å². The predicted molar refractivity (Wildman–Crippen MR) is 80.9 cm³/mol. The summed E-state index contributed by atoms with van der Waals surface area (Å²) in [4.78, 5) is 10.00. The smallest absolute Gasteiger partial charge is 0.400 e. The van der Waals surface area contributed by atoms with Gasteiger partial charge in [0.15, 0.2) is 11.6 Å². The maximum absolute atomic E-state index is 12.0. The Labute approximate surface area is 130 Å². The molecule has 9 nitrogen and oxygen atoms in total. The highest BCUT2D eigenvalue weighted by molar-refractivity contribution is 7.90. The summed E-state index contributed by atoms with van der Waals surface area (Å²) in [5.74, 6) is -0.0728. The lowest BCUT2D eigenvalue weighted by molar-refractivity contribution is -0.402. The summed E-state index contributed by atoms with van der Waals surface area (Å²) in [5, 5.41) is 15.8. The number of fused-ring (bicyclic) bond motifs is 1. The minimum atomic E-state index is -3.73. The van der Waals surface area contributed by atoms with Crippen molar-refractivity contribution < 1.29 is 17.8 Å². The van der Waals surface area contributed by atoms with Crippen LogP contribution in [0.1, 0.15) is 11.3 Å². The molecule has 0 fully saturated rings. The fourth-order valence-corrected chi connectivity index (χ4v) is 3.26. The highest BCUT2D eigenvalue weighted by atomic mass is 32.2. The zero-order valence-corrected chi connectivity index (χ0v) is 12.6. The minimum Gasteiger partial charge on any atom is -0.400 e. The molecule has 2 heterocycles. The number of hydrogen-bond donors (Lipinski definition) is 0. The van der Waals surface area contributed by atoms with Gasteiger partial charge in [-0.25, -0.2) is 5.01 Å². The second kappa shape index (κ2) is 5.32. The molecule has 0 saturated heterocycles. The van der Waals surface area contributed by atoms with E-state index >= 15 is 0 Å². The molecule has 1 aromatic heterocycles. The van der Waals surface area contributed by atoms with E-state index in [0.29, 0.717) is 5.56 Å². The van der Waals surface area contributed by atoms with E-state index in [1.165, 1.54) is 36.5 Å². The van der Waals surface area contributed by atoms with Crippen molar-refractivity contribution in [3.63, 3.8) is 0 Å². The van der Waals surface area contributed by atoms with E-state index in [4.69, 9.17) is 4.42 Å². The van der Waals surface area contributed by atoms with E-state index in [1.807, 2.05) is 0 Å². The van der Waals surface area contributed by atoms with Crippen LogP contribution in [0, 0.1) is 10.1 Å².